The summed E-state index contributed by atoms with van der Waals surface area (Å²) in [5.41, 5.74) is 0. The van der Waals surface area contributed by atoms with Gasteiger partial charge in [-0.1, -0.05) is 147 Å². The number of carbonyl (C=O) groups excluding carboxylic acids is 1. The van der Waals surface area contributed by atoms with E-state index < -0.39 is 0 Å². The maximum atomic E-state index is 11.9. The third-order valence-electron chi connectivity index (χ3n) is 7.08. The molecule has 0 spiro atoms. The van der Waals surface area contributed by atoms with Gasteiger partial charge in [0.1, 0.15) is 0 Å². The van der Waals surface area contributed by atoms with Crippen LogP contribution in [0.15, 0.2) is 36.5 Å². The van der Waals surface area contributed by atoms with Crippen LogP contribution >= 0.6 is 0 Å². The number of allylic oxidation sites excluding steroid dienone is 6. The SMILES string of the molecule is CC/C=C\C/C=C\C/C=C\CCCCCCCC(=O)OCCCCCCCCCCCCC(C)CC. The second kappa shape index (κ2) is 29.9. The summed E-state index contributed by atoms with van der Waals surface area (Å²) < 4.78 is 5.41. The number of hydrogen-bond acceptors (Lipinski definition) is 2. The fraction of sp³-hybridized carbons (Fsp3) is 0.794. The first-order valence-electron chi connectivity index (χ1n) is 15.8. The summed E-state index contributed by atoms with van der Waals surface area (Å²) in [5.74, 6) is 0.915. The Hall–Kier alpha value is -1.31. The molecule has 1 atom stereocenters. The van der Waals surface area contributed by atoms with Crippen LogP contribution in [0, 0.1) is 5.92 Å². The highest BCUT2D eigenvalue weighted by atomic mass is 16.5. The van der Waals surface area contributed by atoms with E-state index in [1.54, 1.807) is 0 Å². The minimum atomic E-state index is 0.00417. The van der Waals surface area contributed by atoms with Crippen LogP contribution in [0.3, 0.4) is 0 Å². The lowest BCUT2D eigenvalue weighted by atomic mass is 9.99. The molecule has 0 saturated heterocycles. The quantitative estimate of drug-likeness (QED) is 0.0634. The zero-order chi connectivity index (χ0) is 26.4. The van der Waals surface area contributed by atoms with Gasteiger partial charge in [-0.25, -0.2) is 0 Å². The molecule has 0 aromatic heterocycles. The first-order chi connectivity index (χ1) is 17.7. The van der Waals surface area contributed by atoms with Gasteiger partial charge in [-0.15, -0.1) is 0 Å². The molecular formula is C34H62O2. The number of esters is 1. The van der Waals surface area contributed by atoms with Crippen LogP contribution < -0.4 is 0 Å². The van der Waals surface area contributed by atoms with E-state index in [0.717, 1.165) is 44.4 Å². The molecule has 0 aromatic rings. The predicted molar refractivity (Wildman–Crippen MR) is 160 cm³/mol. The molecule has 210 valence electrons. The number of ether oxygens (including phenoxy) is 1. The second-order valence-corrected chi connectivity index (χ2v) is 10.7. The summed E-state index contributed by atoms with van der Waals surface area (Å²) in [6, 6.07) is 0. The zero-order valence-electron chi connectivity index (χ0n) is 24.6. The van der Waals surface area contributed by atoms with Crippen molar-refractivity contribution in [1.82, 2.24) is 0 Å². The van der Waals surface area contributed by atoms with Crippen LogP contribution in [-0.2, 0) is 9.53 Å². The summed E-state index contributed by atoms with van der Waals surface area (Å²) in [5, 5.41) is 0. The molecule has 0 aliphatic heterocycles. The summed E-state index contributed by atoms with van der Waals surface area (Å²) in [6.07, 6.45) is 40.3. The van der Waals surface area contributed by atoms with E-state index in [4.69, 9.17) is 4.74 Å². The molecule has 0 amide bonds. The van der Waals surface area contributed by atoms with Gasteiger partial charge in [-0.2, -0.15) is 0 Å². The highest BCUT2D eigenvalue weighted by Gasteiger charge is 2.02. The van der Waals surface area contributed by atoms with Crippen molar-refractivity contribution >= 4 is 5.97 Å². The molecule has 2 heteroatoms. The third kappa shape index (κ3) is 28.9. The largest absolute Gasteiger partial charge is 0.466 e. The van der Waals surface area contributed by atoms with Crippen LogP contribution in [-0.4, -0.2) is 12.6 Å². The summed E-state index contributed by atoms with van der Waals surface area (Å²) in [6.45, 7) is 7.45. The van der Waals surface area contributed by atoms with Gasteiger partial charge < -0.3 is 4.74 Å². The molecule has 0 heterocycles. The monoisotopic (exact) mass is 502 g/mol. The van der Waals surface area contributed by atoms with Crippen LogP contribution in [0.5, 0.6) is 0 Å². The number of unbranched alkanes of at least 4 members (excludes halogenated alkanes) is 14. The Bertz CT molecular complexity index is 531. The Morgan fingerprint density at radius 1 is 0.611 bits per heavy atom. The van der Waals surface area contributed by atoms with Gasteiger partial charge in [0.25, 0.3) is 0 Å². The molecule has 1 unspecified atom stereocenters. The van der Waals surface area contributed by atoms with E-state index in [1.807, 2.05) is 0 Å². The van der Waals surface area contributed by atoms with Gasteiger partial charge in [-0.3, -0.25) is 4.79 Å². The minimum Gasteiger partial charge on any atom is -0.466 e. The summed E-state index contributed by atoms with van der Waals surface area (Å²) in [4.78, 5) is 11.9. The highest BCUT2D eigenvalue weighted by molar-refractivity contribution is 5.69. The summed E-state index contributed by atoms with van der Waals surface area (Å²) >= 11 is 0. The molecule has 0 saturated carbocycles. The Kier molecular flexibility index (Phi) is 28.8. The van der Waals surface area contributed by atoms with Crippen LogP contribution in [0.4, 0.5) is 0 Å². The highest BCUT2D eigenvalue weighted by Crippen LogP contribution is 2.15. The summed E-state index contributed by atoms with van der Waals surface area (Å²) in [7, 11) is 0. The molecule has 2 nitrogen and oxygen atoms in total. The predicted octanol–water partition coefficient (Wildman–Crippen LogP) is 11.5. The van der Waals surface area contributed by atoms with Crippen molar-refractivity contribution < 1.29 is 9.53 Å². The average Bonchev–Trinajstić information content (AvgIpc) is 2.88. The van der Waals surface area contributed by atoms with E-state index >= 15 is 0 Å². The van der Waals surface area contributed by atoms with Crippen molar-refractivity contribution in [2.45, 2.75) is 162 Å². The van der Waals surface area contributed by atoms with E-state index in [2.05, 4.69) is 57.2 Å². The number of carbonyl (C=O) groups is 1. The molecule has 0 aromatic carbocycles. The fourth-order valence-electron chi connectivity index (χ4n) is 4.36. The van der Waals surface area contributed by atoms with Gasteiger partial charge >= 0.3 is 5.97 Å². The molecule has 0 aliphatic rings. The molecule has 0 rings (SSSR count). The van der Waals surface area contributed by atoms with Crippen molar-refractivity contribution in [2.24, 2.45) is 5.92 Å². The zero-order valence-corrected chi connectivity index (χ0v) is 24.6. The molecule has 0 bridgehead atoms. The molecule has 36 heavy (non-hydrogen) atoms. The molecule has 0 radical (unpaired) electrons. The van der Waals surface area contributed by atoms with Gasteiger partial charge in [0, 0.05) is 6.42 Å². The van der Waals surface area contributed by atoms with Crippen molar-refractivity contribution in [3.63, 3.8) is 0 Å². The normalized spacial score (nSPS) is 12.9. The van der Waals surface area contributed by atoms with Gasteiger partial charge in [-0.05, 0) is 50.9 Å². The molecule has 0 fully saturated rings. The van der Waals surface area contributed by atoms with E-state index in [-0.39, 0.29) is 5.97 Å². The third-order valence-corrected chi connectivity index (χ3v) is 7.08. The standard InChI is InChI=1S/C34H62O2/c1-4-6-7-8-9-10-11-12-13-14-15-19-22-25-28-31-34(35)36-32-29-26-23-20-17-16-18-21-24-27-30-33(3)5-2/h6-7,9-10,12-13,33H,4-5,8,11,14-32H2,1-3H3/b7-6-,10-9-,13-12-. The Labute approximate surface area is 226 Å². The maximum absolute atomic E-state index is 11.9. The maximum Gasteiger partial charge on any atom is 0.305 e. The first kappa shape index (κ1) is 34.7. The topological polar surface area (TPSA) is 26.3 Å². The van der Waals surface area contributed by atoms with Crippen molar-refractivity contribution in [3.8, 4) is 0 Å². The second-order valence-electron chi connectivity index (χ2n) is 10.7. The van der Waals surface area contributed by atoms with Crippen molar-refractivity contribution in [3.05, 3.63) is 36.5 Å². The Balaban J connectivity index is 3.27. The lowest BCUT2D eigenvalue weighted by Crippen LogP contribution is -2.05. The number of hydrogen-bond donors (Lipinski definition) is 0. The van der Waals surface area contributed by atoms with E-state index in [9.17, 15) is 4.79 Å². The van der Waals surface area contributed by atoms with Crippen LogP contribution in [0.25, 0.3) is 0 Å². The van der Waals surface area contributed by atoms with E-state index in [0.29, 0.717) is 13.0 Å². The van der Waals surface area contributed by atoms with E-state index in [1.165, 1.54) is 96.3 Å². The van der Waals surface area contributed by atoms with Crippen LogP contribution in [0.1, 0.15) is 162 Å². The average molecular weight is 503 g/mol. The van der Waals surface area contributed by atoms with Gasteiger partial charge in [0.2, 0.25) is 0 Å². The van der Waals surface area contributed by atoms with Crippen LogP contribution in [0.2, 0.25) is 0 Å². The lowest BCUT2D eigenvalue weighted by Gasteiger charge is -2.07. The smallest absolute Gasteiger partial charge is 0.305 e. The fourth-order valence-corrected chi connectivity index (χ4v) is 4.36. The molecular weight excluding hydrogens is 440 g/mol. The first-order valence-corrected chi connectivity index (χ1v) is 15.8. The van der Waals surface area contributed by atoms with Crippen molar-refractivity contribution in [1.29, 1.82) is 0 Å². The molecule has 0 aliphatic carbocycles. The Morgan fingerprint density at radius 3 is 1.72 bits per heavy atom. The van der Waals surface area contributed by atoms with Gasteiger partial charge in [0.05, 0.1) is 6.61 Å². The molecule has 0 N–H and O–H groups in total. The van der Waals surface area contributed by atoms with Crippen molar-refractivity contribution in [2.75, 3.05) is 6.61 Å². The lowest BCUT2D eigenvalue weighted by molar-refractivity contribution is -0.143. The Morgan fingerprint density at radius 2 is 1.11 bits per heavy atom. The number of rotatable bonds is 27. The minimum absolute atomic E-state index is 0.00417. The van der Waals surface area contributed by atoms with Gasteiger partial charge in [0.15, 0.2) is 0 Å².